The molecule has 0 atom stereocenters. The normalized spacial score (nSPS) is 11.8. The lowest BCUT2D eigenvalue weighted by atomic mass is 10.1. The van der Waals surface area contributed by atoms with Crippen LogP contribution in [0.3, 0.4) is 0 Å². The van der Waals surface area contributed by atoms with Crippen molar-refractivity contribution in [2.45, 2.75) is 0 Å². The quantitative estimate of drug-likeness (QED) is 0.131. The van der Waals surface area contributed by atoms with Gasteiger partial charge in [-0.15, -0.1) is 20.5 Å². The van der Waals surface area contributed by atoms with Gasteiger partial charge in [0.2, 0.25) is 0 Å². The lowest BCUT2D eigenvalue weighted by Gasteiger charge is -2.27. The molecule has 62 heavy (non-hydrogen) atoms. The summed E-state index contributed by atoms with van der Waals surface area (Å²) in [7, 11) is -14.1. The van der Waals surface area contributed by atoms with Crippen molar-refractivity contribution in [3.8, 4) is 0 Å². The van der Waals surface area contributed by atoms with E-state index in [0.29, 0.717) is 0 Å². The van der Waals surface area contributed by atoms with E-state index in [1.54, 1.807) is 0 Å². The summed E-state index contributed by atoms with van der Waals surface area (Å²) in [5, 5.41) is 10.8. The van der Waals surface area contributed by atoms with Crippen LogP contribution in [0.2, 0.25) is 0 Å². The minimum atomic E-state index is -4.94. The molecule has 0 fully saturated rings. The molecule has 0 spiro atoms. The van der Waals surface area contributed by atoms with Gasteiger partial charge in [0.1, 0.15) is 57.0 Å². The highest BCUT2D eigenvalue weighted by Gasteiger charge is 2.48. The van der Waals surface area contributed by atoms with Gasteiger partial charge in [-0.05, 0) is 108 Å². The minimum absolute atomic E-state index is 1.18. The molecule has 0 heterocycles. The molecule has 0 saturated heterocycles. The molecule has 312 valence electrons. The number of rotatable bonds is 10. The van der Waals surface area contributed by atoms with E-state index in [9.17, 15) is 0 Å². The summed E-state index contributed by atoms with van der Waals surface area (Å²) in [5.41, 5.74) is 2.36. The summed E-state index contributed by atoms with van der Waals surface area (Å²) in [4.78, 5) is 0. The van der Waals surface area contributed by atoms with Crippen LogP contribution < -0.4 is 79.7 Å². The molecule has 0 radical (unpaired) electrons. The second-order valence-electron chi connectivity index (χ2n) is 13.6. The van der Waals surface area contributed by atoms with Crippen LogP contribution in [0.15, 0.2) is 231 Å². The van der Waals surface area contributed by atoms with Gasteiger partial charge in [-0.3, -0.25) is 0 Å². The molecule has 8 aromatic carbocycles. The second kappa shape index (κ2) is 21.1. The highest BCUT2D eigenvalue weighted by molar-refractivity contribution is 8.02. The standard InChI is InChI=1S/C50H40P2.2ClHO4/c1-7-19-43(20-8-1)51(44-21-9-2-10-22-44,45-23-11-3-12-24-45)49-37-33-41(34-38-49)31-32-42-35-39-50(40-36-42)52(46-25-13-4-14-26-46,47-27-15-5-16-28-47)48-29-17-6-18-30-48;2*2-1(3,4)5/h1-40H;2*(H,2,3,4,5)/q+2;;/p-2/b32-31+;;. The molecule has 0 aromatic heterocycles. The van der Waals surface area contributed by atoms with Gasteiger partial charge in [-0.1, -0.05) is 146 Å². The van der Waals surface area contributed by atoms with Gasteiger partial charge < -0.3 is 0 Å². The fraction of sp³-hybridized carbons (Fsp3) is 0. The Labute approximate surface area is 366 Å². The monoisotopic (exact) mass is 900 g/mol. The average molecular weight is 902 g/mol. The highest BCUT2D eigenvalue weighted by atomic mass is 35.7. The predicted molar refractivity (Wildman–Crippen MR) is 231 cm³/mol. The summed E-state index contributed by atoms with van der Waals surface area (Å²) >= 11 is 0. The Hall–Kier alpha value is -5.38. The summed E-state index contributed by atoms with van der Waals surface area (Å²) in [6.07, 6.45) is 4.47. The first kappa shape index (κ1) is 46.1. The molecule has 0 aliphatic carbocycles. The van der Waals surface area contributed by atoms with Crippen molar-refractivity contribution in [3.05, 3.63) is 242 Å². The van der Waals surface area contributed by atoms with Crippen LogP contribution in [-0.2, 0) is 0 Å². The smallest absolute Gasteiger partial charge is 0.144 e. The molecular formula is C50H40Cl2O8P2. The molecular weight excluding hydrogens is 861 g/mol. The zero-order chi connectivity index (χ0) is 44.1. The Morgan fingerprint density at radius 3 is 0.532 bits per heavy atom. The molecule has 0 N–H and O–H groups in total. The topological polar surface area (TPSA) is 184 Å². The Morgan fingerprint density at radius 1 is 0.226 bits per heavy atom. The third kappa shape index (κ3) is 11.7. The van der Waals surface area contributed by atoms with Crippen LogP contribution in [0, 0.1) is 20.5 Å². The van der Waals surface area contributed by atoms with Crippen molar-refractivity contribution in [2.24, 2.45) is 0 Å². The molecule has 0 saturated carbocycles. The Bertz CT molecular complexity index is 2190. The van der Waals surface area contributed by atoms with Crippen molar-refractivity contribution >= 4 is 69.1 Å². The Morgan fingerprint density at radius 2 is 0.371 bits per heavy atom. The number of benzene rings is 8. The molecule has 8 rings (SSSR count). The maximum absolute atomic E-state index is 8.49. The van der Waals surface area contributed by atoms with Gasteiger partial charge in [-0.2, -0.15) is 0 Å². The first-order chi connectivity index (χ1) is 29.8. The number of halogens is 2. The molecule has 0 aliphatic rings. The Kier molecular flexibility index (Phi) is 15.7. The second-order valence-corrected chi connectivity index (χ2v) is 22.0. The fourth-order valence-electron chi connectivity index (χ4n) is 7.51. The van der Waals surface area contributed by atoms with E-state index >= 15 is 0 Å². The maximum atomic E-state index is 8.49. The van der Waals surface area contributed by atoms with Crippen LogP contribution >= 0.6 is 14.5 Å². The average Bonchev–Trinajstić information content (AvgIpc) is 3.28. The van der Waals surface area contributed by atoms with Crippen molar-refractivity contribution in [2.75, 3.05) is 0 Å². The van der Waals surface area contributed by atoms with Gasteiger partial charge in [0, 0.05) is 0 Å². The SMILES string of the molecule is C(=C\c1ccc([P+](c2ccccc2)(c2ccccc2)c2ccccc2)cc1)/c1ccc([P+](c2ccccc2)(c2ccccc2)c2ccccc2)cc1.[O-][Cl+3]([O-])([O-])[O-].[O-][Cl+3]([O-])([O-])[O-]. The van der Waals surface area contributed by atoms with E-state index in [1.807, 2.05) is 0 Å². The zero-order valence-electron chi connectivity index (χ0n) is 33.0. The molecule has 8 aromatic rings. The van der Waals surface area contributed by atoms with Crippen LogP contribution in [-0.4, -0.2) is 0 Å². The lowest BCUT2D eigenvalue weighted by Crippen LogP contribution is -2.68. The van der Waals surface area contributed by atoms with Crippen LogP contribution in [0.1, 0.15) is 11.1 Å². The summed E-state index contributed by atoms with van der Waals surface area (Å²) in [6, 6.07) is 84.8. The van der Waals surface area contributed by atoms with Gasteiger partial charge in [0.25, 0.3) is 0 Å². The van der Waals surface area contributed by atoms with E-state index < -0.39 is 35.0 Å². The fourth-order valence-corrected chi connectivity index (χ4v) is 16.0. The highest BCUT2D eigenvalue weighted by Crippen LogP contribution is 2.55. The summed E-state index contributed by atoms with van der Waals surface area (Å²) in [5.74, 6) is 0. The van der Waals surface area contributed by atoms with Crippen LogP contribution in [0.5, 0.6) is 0 Å². The summed E-state index contributed by atoms with van der Waals surface area (Å²) in [6.45, 7) is 0. The number of hydrogen-bond acceptors (Lipinski definition) is 8. The zero-order valence-corrected chi connectivity index (χ0v) is 36.3. The molecule has 0 bridgehead atoms. The largest absolute Gasteiger partial charge is 0.222 e. The van der Waals surface area contributed by atoms with E-state index in [0.717, 1.165) is 0 Å². The van der Waals surface area contributed by atoms with Crippen molar-refractivity contribution in [1.82, 2.24) is 0 Å². The predicted octanol–water partition coefficient (Wildman–Crippen LogP) is -0.416. The minimum Gasteiger partial charge on any atom is -0.222 e. The molecule has 8 nitrogen and oxygen atoms in total. The first-order valence-electron chi connectivity index (χ1n) is 19.0. The van der Waals surface area contributed by atoms with E-state index in [1.165, 1.54) is 53.6 Å². The van der Waals surface area contributed by atoms with Crippen molar-refractivity contribution in [1.29, 1.82) is 0 Å². The van der Waals surface area contributed by atoms with Gasteiger partial charge in [0.15, 0.2) is 0 Å². The lowest BCUT2D eigenvalue weighted by molar-refractivity contribution is -2.00. The molecule has 0 amide bonds. The molecule has 12 heteroatoms. The van der Waals surface area contributed by atoms with Crippen LogP contribution in [0.4, 0.5) is 0 Å². The maximum Gasteiger partial charge on any atom is 0.144 e. The summed E-state index contributed by atoms with van der Waals surface area (Å²) < 4.78 is 67.9. The first-order valence-corrected chi connectivity index (χ1v) is 25.1. The third-order valence-electron chi connectivity index (χ3n) is 9.89. The third-order valence-corrected chi connectivity index (χ3v) is 18.5. The Balaban J connectivity index is 0.000000578. The van der Waals surface area contributed by atoms with Gasteiger partial charge >= 0.3 is 0 Å². The van der Waals surface area contributed by atoms with Crippen molar-refractivity contribution in [3.63, 3.8) is 0 Å². The molecule has 0 aliphatic heterocycles. The van der Waals surface area contributed by atoms with E-state index in [4.69, 9.17) is 37.3 Å². The van der Waals surface area contributed by atoms with E-state index in [2.05, 4.69) is 243 Å². The van der Waals surface area contributed by atoms with Crippen molar-refractivity contribution < 1.29 is 57.8 Å². The van der Waals surface area contributed by atoms with Gasteiger partial charge in [0.05, 0.1) is 0 Å². The van der Waals surface area contributed by atoms with Crippen LogP contribution in [0.25, 0.3) is 12.2 Å². The van der Waals surface area contributed by atoms with E-state index in [-0.39, 0.29) is 0 Å². The van der Waals surface area contributed by atoms with Gasteiger partial charge in [-0.25, -0.2) is 37.3 Å². The number of hydrogen-bond donors (Lipinski definition) is 0. The molecule has 0 unspecified atom stereocenters.